The summed E-state index contributed by atoms with van der Waals surface area (Å²) in [6, 6.07) is 5.42. The molecule has 1 aromatic rings. The molecule has 2 aliphatic heterocycles. The van der Waals surface area contributed by atoms with Crippen molar-refractivity contribution >= 4 is 34.4 Å². The van der Waals surface area contributed by atoms with Crippen molar-refractivity contribution in [2.45, 2.75) is 12.8 Å². The number of rotatable bonds is 4. The Hall–Kier alpha value is -1.63. The highest BCUT2D eigenvalue weighted by atomic mass is 127. The molecule has 2 aliphatic rings. The number of allylic oxidation sites excluding steroid dienone is 2. The zero-order valence-electron chi connectivity index (χ0n) is 12.4. The summed E-state index contributed by atoms with van der Waals surface area (Å²) in [7, 11) is 2.04. The Labute approximate surface area is 143 Å². The van der Waals surface area contributed by atoms with Gasteiger partial charge in [0.1, 0.15) is 0 Å². The average molecular weight is 408 g/mol. The molecule has 0 radical (unpaired) electrons. The molecule has 3 rings (SSSR count). The van der Waals surface area contributed by atoms with Gasteiger partial charge in [0.05, 0.1) is 11.1 Å². The number of nitrogens with zero attached hydrogens (tertiary/aromatic N) is 2. The highest BCUT2D eigenvalue weighted by molar-refractivity contribution is 14.1. The van der Waals surface area contributed by atoms with Crippen molar-refractivity contribution < 1.29 is 9.59 Å². The maximum atomic E-state index is 12.4. The zero-order chi connectivity index (χ0) is 15.7. The Balaban J connectivity index is 1.65. The van der Waals surface area contributed by atoms with Gasteiger partial charge >= 0.3 is 0 Å². The average Bonchev–Trinajstić information content (AvgIpc) is 2.73. The van der Waals surface area contributed by atoms with Crippen LogP contribution in [0, 0.1) is 3.57 Å². The minimum Gasteiger partial charge on any atom is -0.376 e. The Morgan fingerprint density at radius 2 is 2.05 bits per heavy atom. The Kier molecular flexibility index (Phi) is 4.33. The second-order valence-electron chi connectivity index (χ2n) is 5.57. The first kappa shape index (κ1) is 15.3. The van der Waals surface area contributed by atoms with Crippen molar-refractivity contribution in [3.63, 3.8) is 0 Å². The molecular weight excluding hydrogens is 391 g/mol. The third kappa shape index (κ3) is 2.82. The molecule has 0 atom stereocenters. The molecule has 1 aromatic carbocycles. The molecule has 4 nitrogen and oxygen atoms in total. The van der Waals surface area contributed by atoms with Crippen LogP contribution in [-0.4, -0.2) is 41.8 Å². The molecule has 0 bridgehead atoms. The fourth-order valence-corrected chi connectivity index (χ4v) is 3.56. The number of imide groups is 1. The number of fused-ring (bicyclic) bond motifs is 1. The Bertz CT molecular complexity index is 694. The molecule has 0 saturated heterocycles. The first-order valence-corrected chi connectivity index (χ1v) is 8.38. The summed E-state index contributed by atoms with van der Waals surface area (Å²) in [5.74, 6) is -0.320. The fourth-order valence-electron chi connectivity index (χ4n) is 2.83. The van der Waals surface area contributed by atoms with Gasteiger partial charge in [0.2, 0.25) is 0 Å². The number of hydrogen-bond donors (Lipinski definition) is 0. The summed E-state index contributed by atoms with van der Waals surface area (Å²) >= 11 is 2.11. The zero-order valence-corrected chi connectivity index (χ0v) is 14.5. The van der Waals surface area contributed by atoms with Gasteiger partial charge in [-0.15, -0.1) is 0 Å². The van der Waals surface area contributed by atoms with Crippen molar-refractivity contribution in [2.24, 2.45) is 0 Å². The summed E-state index contributed by atoms with van der Waals surface area (Å²) in [6.07, 6.45) is 8.01. The molecule has 0 spiro atoms. The molecule has 0 aromatic heterocycles. The van der Waals surface area contributed by atoms with Gasteiger partial charge in [0.25, 0.3) is 11.8 Å². The van der Waals surface area contributed by atoms with Gasteiger partial charge in [-0.05, 0) is 53.1 Å². The fraction of sp³-hybridized carbons (Fsp3) is 0.294. The molecule has 0 N–H and O–H groups in total. The van der Waals surface area contributed by atoms with Crippen LogP contribution in [0.5, 0.6) is 0 Å². The van der Waals surface area contributed by atoms with Crippen LogP contribution in [0.2, 0.25) is 0 Å². The van der Waals surface area contributed by atoms with Gasteiger partial charge in [-0.2, -0.15) is 0 Å². The van der Waals surface area contributed by atoms with E-state index in [0.29, 0.717) is 17.7 Å². The third-order valence-corrected chi connectivity index (χ3v) is 4.81. The molecule has 5 heteroatoms. The maximum absolute atomic E-state index is 12.4. The standard InChI is InChI=1S/C17H17IN2O2/c1-19-9-3-5-12(11-19)6-4-10-20-16(21)13-7-2-8-14(18)15(13)17(20)22/h2-3,5,7-8,11H,4,6,9-10H2,1H3. The predicted octanol–water partition coefficient (Wildman–Crippen LogP) is 3.05. The monoisotopic (exact) mass is 408 g/mol. The van der Waals surface area contributed by atoms with Crippen molar-refractivity contribution in [3.8, 4) is 0 Å². The summed E-state index contributed by atoms with van der Waals surface area (Å²) in [4.78, 5) is 28.3. The smallest absolute Gasteiger partial charge is 0.262 e. The van der Waals surface area contributed by atoms with E-state index in [1.54, 1.807) is 6.07 Å². The normalized spacial score (nSPS) is 17.1. The van der Waals surface area contributed by atoms with Crippen LogP contribution in [0.3, 0.4) is 0 Å². The van der Waals surface area contributed by atoms with Crippen LogP contribution in [0.4, 0.5) is 0 Å². The number of likely N-dealkylation sites (N-methyl/N-ethyl adjacent to an activating group) is 1. The van der Waals surface area contributed by atoms with Crippen LogP contribution in [-0.2, 0) is 0 Å². The van der Waals surface area contributed by atoms with E-state index in [9.17, 15) is 9.59 Å². The highest BCUT2D eigenvalue weighted by Crippen LogP contribution is 2.27. The molecule has 114 valence electrons. The van der Waals surface area contributed by atoms with Crippen LogP contribution in [0.25, 0.3) is 0 Å². The van der Waals surface area contributed by atoms with Crippen molar-refractivity contribution in [2.75, 3.05) is 20.1 Å². The molecule has 0 saturated carbocycles. The van der Waals surface area contributed by atoms with E-state index in [4.69, 9.17) is 0 Å². The number of carbonyl (C=O) groups excluding carboxylic acids is 2. The molecule has 2 heterocycles. The van der Waals surface area contributed by atoms with E-state index in [-0.39, 0.29) is 11.8 Å². The lowest BCUT2D eigenvalue weighted by Gasteiger charge is -2.19. The first-order chi connectivity index (χ1) is 10.6. The van der Waals surface area contributed by atoms with E-state index >= 15 is 0 Å². The summed E-state index contributed by atoms with van der Waals surface area (Å²) < 4.78 is 0.843. The number of benzene rings is 1. The summed E-state index contributed by atoms with van der Waals surface area (Å²) in [5, 5.41) is 0. The van der Waals surface area contributed by atoms with Crippen molar-refractivity contribution in [1.29, 1.82) is 0 Å². The first-order valence-electron chi connectivity index (χ1n) is 7.30. The van der Waals surface area contributed by atoms with E-state index in [2.05, 4.69) is 45.8 Å². The van der Waals surface area contributed by atoms with Crippen LogP contribution >= 0.6 is 22.6 Å². The van der Waals surface area contributed by atoms with E-state index in [1.807, 2.05) is 19.2 Å². The lowest BCUT2D eigenvalue weighted by atomic mass is 10.1. The van der Waals surface area contributed by atoms with E-state index in [0.717, 1.165) is 23.0 Å². The van der Waals surface area contributed by atoms with Gasteiger partial charge in [-0.1, -0.05) is 18.2 Å². The van der Waals surface area contributed by atoms with Crippen LogP contribution in [0.1, 0.15) is 33.6 Å². The largest absolute Gasteiger partial charge is 0.376 e. The summed E-state index contributed by atoms with van der Waals surface area (Å²) in [6.45, 7) is 1.40. The van der Waals surface area contributed by atoms with Gasteiger partial charge in [-0.25, -0.2) is 0 Å². The minimum absolute atomic E-state index is 0.157. The lowest BCUT2D eigenvalue weighted by molar-refractivity contribution is 0.0652. The summed E-state index contributed by atoms with van der Waals surface area (Å²) in [5.41, 5.74) is 2.33. The van der Waals surface area contributed by atoms with Gasteiger partial charge in [-0.3, -0.25) is 14.5 Å². The molecular formula is C17H17IN2O2. The molecule has 2 amide bonds. The number of amides is 2. The van der Waals surface area contributed by atoms with Crippen LogP contribution < -0.4 is 0 Å². The van der Waals surface area contributed by atoms with Gasteiger partial charge in [0.15, 0.2) is 0 Å². The Morgan fingerprint density at radius 1 is 1.23 bits per heavy atom. The highest BCUT2D eigenvalue weighted by Gasteiger charge is 2.36. The van der Waals surface area contributed by atoms with Crippen LogP contribution in [0.15, 0.2) is 42.1 Å². The lowest BCUT2D eigenvalue weighted by Crippen LogP contribution is -2.30. The second-order valence-corrected chi connectivity index (χ2v) is 6.74. The Morgan fingerprint density at radius 3 is 2.77 bits per heavy atom. The maximum Gasteiger partial charge on any atom is 0.262 e. The van der Waals surface area contributed by atoms with E-state index < -0.39 is 0 Å². The molecule has 0 aliphatic carbocycles. The number of carbonyl (C=O) groups is 2. The van der Waals surface area contributed by atoms with Crippen molar-refractivity contribution in [1.82, 2.24) is 9.80 Å². The van der Waals surface area contributed by atoms with Gasteiger partial charge < -0.3 is 4.90 Å². The van der Waals surface area contributed by atoms with Crippen molar-refractivity contribution in [3.05, 3.63) is 56.8 Å². The number of hydrogen-bond acceptors (Lipinski definition) is 3. The second kappa shape index (κ2) is 6.24. The predicted molar refractivity (Wildman–Crippen MR) is 93.6 cm³/mol. The molecule has 0 fully saturated rings. The third-order valence-electron chi connectivity index (χ3n) is 3.91. The quantitative estimate of drug-likeness (QED) is 0.568. The number of halogens is 1. The van der Waals surface area contributed by atoms with E-state index in [1.165, 1.54) is 10.5 Å². The molecule has 0 unspecified atom stereocenters. The topological polar surface area (TPSA) is 40.6 Å². The molecule has 22 heavy (non-hydrogen) atoms. The SMILES string of the molecule is CN1C=C(CCCN2C(=O)c3cccc(I)c3C2=O)C=CC1. The minimum atomic E-state index is -0.163. The van der Waals surface area contributed by atoms with Gasteiger partial charge in [0, 0.05) is 29.9 Å².